The number of imidazole rings is 1. The number of nitro benzene ring substituents is 1. The summed E-state index contributed by atoms with van der Waals surface area (Å²) in [7, 11) is 0. The van der Waals surface area contributed by atoms with Gasteiger partial charge in [-0.1, -0.05) is 30.3 Å². The van der Waals surface area contributed by atoms with Gasteiger partial charge in [0.1, 0.15) is 23.7 Å². The minimum absolute atomic E-state index is 0.00971. The van der Waals surface area contributed by atoms with Crippen molar-refractivity contribution >= 4 is 22.9 Å². The fourth-order valence-electron chi connectivity index (χ4n) is 3.24. The zero-order valence-electron chi connectivity index (χ0n) is 17.1. The minimum Gasteiger partial charge on any atom is -0.486 e. The third-order valence-corrected chi connectivity index (χ3v) is 4.75. The maximum absolute atomic E-state index is 12.7. The van der Waals surface area contributed by atoms with E-state index in [-0.39, 0.29) is 24.7 Å². The second kappa shape index (κ2) is 9.61. The minimum atomic E-state index is -0.447. The summed E-state index contributed by atoms with van der Waals surface area (Å²) in [5.41, 5.74) is 2.37. The van der Waals surface area contributed by atoms with E-state index in [0.29, 0.717) is 23.5 Å². The van der Waals surface area contributed by atoms with Crippen LogP contribution in [0.25, 0.3) is 5.65 Å². The predicted octanol–water partition coefficient (Wildman–Crippen LogP) is 3.66. The van der Waals surface area contributed by atoms with Crippen LogP contribution < -0.4 is 15.4 Å². The highest BCUT2D eigenvalue weighted by atomic mass is 16.6. The van der Waals surface area contributed by atoms with Crippen molar-refractivity contribution in [1.29, 1.82) is 0 Å². The van der Waals surface area contributed by atoms with E-state index in [1.165, 1.54) is 6.07 Å². The fourth-order valence-corrected chi connectivity index (χ4v) is 3.24. The van der Waals surface area contributed by atoms with Crippen molar-refractivity contribution in [2.75, 3.05) is 18.4 Å². The molecule has 0 radical (unpaired) electrons. The van der Waals surface area contributed by atoms with Crippen LogP contribution in [0.3, 0.4) is 0 Å². The number of para-hydroxylation sites is 3. The molecule has 32 heavy (non-hydrogen) atoms. The lowest BCUT2D eigenvalue weighted by atomic mass is 10.2. The molecule has 4 rings (SSSR count). The highest BCUT2D eigenvalue weighted by Crippen LogP contribution is 2.23. The molecule has 162 valence electrons. The number of carbonyl (C=O) groups excluding carboxylic acids is 1. The van der Waals surface area contributed by atoms with Gasteiger partial charge in [0.15, 0.2) is 0 Å². The van der Waals surface area contributed by atoms with E-state index >= 15 is 0 Å². The van der Waals surface area contributed by atoms with E-state index < -0.39 is 4.92 Å². The molecule has 0 aliphatic rings. The first-order chi connectivity index (χ1) is 15.6. The average Bonchev–Trinajstić information content (AvgIpc) is 3.24. The van der Waals surface area contributed by atoms with Gasteiger partial charge in [0.05, 0.1) is 16.2 Å². The van der Waals surface area contributed by atoms with Gasteiger partial charge in [0.2, 0.25) is 0 Å². The Morgan fingerprint density at radius 3 is 2.66 bits per heavy atom. The van der Waals surface area contributed by atoms with Gasteiger partial charge < -0.3 is 19.8 Å². The lowest BCUT2D eigenvalue weighted by Gasteiger charge is -2.12. The molecule has 0 fully saturated rings. The summed E-state index contributed by atoms with van der Waals surface area (Å²) in [5.74, 6) is 0.161. The molecule has 2 N–H and O–H groups in total. The molecule has 0 saturated heterocycles. The summed E-state index contributed by atoms with van der Waals surface area (Å²) in [5, 5.41) is 16.9. The van der Waals surface area contributed by atoms with Crippen LogP contribution in [0.4, 0.5) is 11.4 Å². The standard InChI is InChI=1S/C23H21N5O4/c29-23(25-13-12-24-19-8-2-3-9-20(19)28(30)31)18-7-1-4-10-21(18)32-16-17-15-27-14-6-5-11-22(27)26-17/h1-11,14-15,24H,12-13,16H2,(H,25,29). The second-order valence-electron chi connectivity index (χ2n) is 6.94. The van der Waals surface area contributed by atoms with Crippen LogP contribution in [-0.4, -0.2) is 33.3 Å². The van der Waals surface area contributed by atoms with Gasteiger partial charge in [-0.3, -0.25) is 14.9 Å². The number of nitrogens with one attached hydrogen (secondary N) is 2. The Morgan fingerprint density at radius 2 is 1.81 bits per heavy atom. The predicted molar refractivity (Wildman–Crippen MR) is 120 cm³/mol. The number of fused-ring (bicyclic) bond motifs is 1. The third-order valence-electron chi connectivity index (χ3n) is 4.75. The molecule has 2 aromatic carbocycles. The largest absolute Gasteiger partial charge is 0.486 e. The van der Waals surface area contributed by atoms with Crippen LogP contribution in [0, 0.1) is 10.1 Å². The molecule has 0 aliphatic heterocycles. The first-order valence-electron chi connectivity index (χ1n) is 10.0. The number of hydrogen-bond acceptors (Lipinski definition) is 6. The van der Waals surface area contributed by atoms with Crippen molar-refractivity contribution < 1.29 is 14.5 Å². The zero-order chi connectivity index (χ0) is 22.3. The monoisotopic (exact) mass is 431 g/mol. The summed E-state index contributed by atoms with van der Waals surface area (Å²) in [6.45, 7) is 0.845. The quantitative estimate of drug-likeness (QED) is 0.238. The highest BCUT2D eigenvalue weighted by molar-refractivity contribution is 5.96. The summed E-state index contributed by atoms with van der Waals surface area (Å²) in [4.78, 5) is 27.8. The van der Waals surface area contributed by atoms with Crippen molar-refractivity contribution in [2.45, 2.75) is 6.61 Å². The van der Waals surface area contributed by atoms with E-state index in [4.69, 9.17) is 4.74 Å². The van der Waals surface area contributed by atoms with Gasteiger partial charge >= 0.3 is 0 Å². The molecule has 1 amide bonds. The van der Waals surface area contributed by atoms with Crippen molar-refractivity contribution in [1.82, 2.24) is 14.7 Å². The Balaban J connectivity index is 1.33. The fraction of sp³-hybridized carbons (Fsp3) is 0.130. The zero-order valence-corrected chi connectivity index (χ0v) is 17.1. The van der Waals surface area contributed by atoms with Gasteiger partial charge in [-0.2, -0.15) is 0 Å². The smallest absolute Gasteiger partial charge is 0.292 e. The summed E-state index contributed by atoms with van der Waals surface area (Å²) in [6.07, 6.45) is 3.79. The first-order valence-corrected chi connectivity index (χ1v) is 10.0. The third kappa shape index (κ3) is 4.84. The van der Waals surface area contributed by atoms with Crippen molar-refractivity contribution in [2.24, 2.45) is 0 Å². The van der Waals surface area contributed by atoms with Gasteiger partial charge in [0.25, 0.3) is 11.6 Å². The van der Waals surface area contributed by atoms with Crippen LogP contribution in [0.5, 0.6) is 5.75 Å². The molecule has 0 saturated carbocycles. The van der Waals surface area contributed by atoms with E-state index in [0.717, 1.165) is 11.3 Å². The van der Waals surface area contributed by atoms with Gasteiger partial charge in [-0.05, 0) is 30.3 Å². The van der Waals surface area contributed by atoms with Gasteiger partial charge in [-0.25, -0.2) is 4.98 Å². The summed E-state index contributed by atoms with van der Waals surface area (Å²) < 4.78 is 7.77. The first kappa shape index (κ1) is 20.9. The van der Waals surface area contributed by atoms with Gasteiger partial charge in [-0.15, -0.1) is 0 Å². The molecule has 0 spiro atoms. The van der Waals surface area contributed by atoms with E-state index in [1.54, 1.807) is 42.5 Å². The van der Waals surface area contributed by atoms with E-state index in [9.17, 15) is 14.9 Å². The molecular weight excluding hydrogens is 410 g/mol. The Bertz CT molecular complexity index is 1220. The van der Waals surface area contributed by atoms with Gasteiger partial charge in [0, 0.05) is 31.5 Å². The van der Waals surface area contributed by atoms with E-state index in [1.807, 2.05) is 35.0 Å². The molecule has 0 aliphatic carbocycles. The van der Waals surface area contributed by atoms with Crippen molar-refractivity contribution in [3.05, 3.63) is 100 Å². The SMILES string of the molecule is O=C(NCCNc1ccccc1[N+](=O)[O-])c1ccccc1OCc1cn2ccccc2n1. The number of hydrogen-bond donors (Lipinski definition) is 2. The number of anilines is 1. The number of pyridine rings is 1. The molecule has 2 heterocycles. The normalized spacial score (nSPS) is 10.6. The summed E-state index contributed by atoms with van der Waals surface area (Å²) in [6, 6.07) is 19.1. The Hall–Kier alpha value is -4.40. The molecule has 9 nitrogen and oxygen atoms in total. The summed E-state index contributed by atoms with van der Waals surface area (Å²) >= 11 is 0. The molecular formula is C23H21N5O4. The average molecular weight is 431 g/mol. The molecule has 0 unspecified atom stereocenters. The van der Waals surface area contributed by atoms with Crippen LogP contribution >= 0.6 is 0 Å². The number of amides is 1. The number of benzene rings is 2. The Labute approximate surface area is 183 Å². The number of nitro groups is 1. The lowest BCUT2D eigenvalue weighted by Crippen LogP contribution is -2.29. The number of rotatable bonds is 9. The van der Waals surface area contributed by atoms with Crippen LogP contribution in [0.1, 0.15) is 16.1 Å². The highest BCUT2D eigenvalue weighted by Gasteiger charge is 2.14. The Kier molecular flexibility index (Phi) is 6.26. The van der Waals surface area contributed by atoms with Crippen LogP contribution in [-0.2, 0) is 6.61 Å². The Morgan fingerprint density at radius 1 is 1.03 bits per heavy atom. The molecule has 4 aromatic rings. The number of aromatic nitrogens is 2. The maximum atomic E-state index is 12.7. The second-order valence-corrected chi connectivity index (χ2v) is 6.94. The maximum Gasteiger partial charge on any atom is 0.292 e. The molecule has 0 bridgehead atoms. The number of nitrogens with zero attached hydrogens (tertiary/aromatic N) is 3. The van der Waals surface area contributed by atoms with Crippen molar-refractivity contribution in [3.63, 3.8) is 0 Å². The number of ether oxygens (including phenoxy) is 1. The lowest BCUT2D eigenvalue weighted by molar-refractivity contribution is -0.384. The molecule has 2 aromatic heterocycles. The topological polar surface area (TPSA) is 111 Å². The van der Waals surface area contributed by atoms with Crippen molar-refractivity contribution in [3.8, 4) is 5.75 Å². The molecule has 0 atom stereocenters. The number of carbonyl (C=O) groups is 1. The van der Waals surface area contributed by atoms with Crippen LogP contribution in [0.15, 0.2) is 79.1 Å². The van der Waals surface area contributed by atoms with E-state index in [2.05, 4.69) is 15.6 Å². The molecule has 9 heteroatoms. The van der Waals surface area contributed by atoms with Crippen LogP contribution in [0.2, 0.25) is 0 Å².